The summed E-state index contributed by atoms with van der Waals surface area (Å²) in [6, 6.07) is 0.378. The maximum atomic E-state index is 5.75. The van der Waals surface area contributed by atoms with E-state index in [1.165, 1.54) is 0 Å². The van der Waals surface area contributed by atoms with Crippen LogP contribution < -0.4 is 11.1 Å². The molecule has 0 fully saturated rings. The lowest BCUT2D eigenvalue weighted by Crippen LogP contribution is -2.40. The van der Waals surface area contributed by atoms with Crippen molar-refractivity contribution in [2.75, 3.05) is 27.2 Å². The van der Waals surface area contributed by atoms with Crippen LogP contribution in [0, 0.1) is 5.92 Å². The fourth-order valence-corrected chi connectivity index (χ4v) is 1.10. The third kappa shape index (κ3) is 9.53. The van der Waals surface area contributed by atoms with Gasteiger partial charge in [-0.3, -0.25) is 4.99 Å². The average Bonchev–Trinajstić information content (AvgIpc) is 2.11. The Morgan fingerprint density at radius 1 is 1.33 bits per heavy atom. The molecule has 0 heterocycles. The van der Waals surface area contributed by atoms with E-state index in [9.17, 15) is 0 Å². The van der Waals surface area contributed by atoms with Gasteiger partial charge in [0.25, 0.3) is 0 Å². The molecule has 0 aliphatic heterocycles. The lowest BCUT2D eigenvalue weighted by atomic mass is 10.2. The number of hydrogen-bond acceptors (Lipinski definition) is 2. The van der Waals surface area contributed by atoms with Crippen LogP contribution in [0.25, 0.3) is 0 Å². The van der Waals surface area contributed by atoms with Crippen LogP contribution in [0.5, 0.6) is 0 Å². The molecule has 0 aromatic heterocycles. The lowest BCUT2D eigenvalue weighted by molar-refractivity contribution is 0.378. The van der Waals surface area contributed by atoms with Crippen LogP contribution in [0.15, 0.2) is 4.99 Å². The summed E-state index contributed by atoms with van der Waals surface area (Å²) in [6.07, 6.45) is 1.07. The summed E-state index contributed by atoms with van der Waals surface area (Å²) in [7, 11) is 4.14. The molecule has 3 N–H and O–H groups in total. The van der Waals surface area contributed by atoms with E-state index in [4.69, 9.17) is 5.73 Å². The predicted octanol–water partition coefficient (Wildman–Crippen LogP) is 0.887. The Kier molecular flexibility index (Phi) is 7.13. The van der Waals surface area contributed by atoms with Crippen molar-refractivity contribution in [3.8, 4) is 0 Å². The Morgan fingerprint density at radius 3 is 2.40 bits per heavy atom. The largest absolute Gasteiger partial charge is 0.370 e. The molecule has 0 amide bonds. The first-order valence-corrected chi connectivity index (χ1v) is 5.63. The SMILES string of the molecule is CC(C)CN=C(N)NC(C)CCN(C)C. The van der Waals surface area contributed by atoms with Crippen LogP contribution >= 0.6 is 0 Å². The molecule has 15 heavy (non-hydrogen) atoms. The minimum atomic E-state index is 0.378. The monoisotopic (exact) mass is 214 g/mol. The Hall–Kier alpha value is -0.770. The van der Waals surface area contributed by atoms with Crippen LogP contribution in [0.2, 0.25) is 0 Å². The molecule has 1 unspecified atom stereocenters. The predicted molar refractivity (Wildman–Crippen MR) is 67.1 cm³/mol. The molecule has 4 nitrogen and oxygen atoms in total. The molecule has 0 bridgehead atoms. The first kappa shape index (κ1) is 14.2. The summed E-state index contributed by atoms with van der Waals surface area (Å²) >= 11 is 0. The molecule has 0 spiro atoms. The highest BCUT2D eigenvalue weighted by Gasteiger charge is 2.03. The quantitative estimate of drug-likeness (QED) is 0.510. The molecule has 1 atom stereocenters. The average molecular weight is 214 g/mol. The fraction of sp³-hybridized carbons (Fsp3) is 0.909. The number of hydrogen-bond donors (Lipinski definition) is 2. The lowest BCUT2D eigenvalue weighted by Gasteiger charge is -2.17. The maximum Gasteiger partial charge on any atom is 0.188 e. The van der Waals surface area contributed by atoms with Crippen molar-refractivity contribution >= 4 is 5.96 Å². The van der Waals surface area contributed by atoms with Gasteiger partial charge >= 0.3 is 0 Å². The van der Waals surface area contributed by atoms with Crippen LogP contribution in [-0.4, -0.2) is 44.1 Å². The molecular weight excluding hydrogens is 188 g/mol. The van der Waals surface area contributed by atoms with Crippen molar-refractivity contribution in [2.24, 2.45) is 16.6 Å². The van der Waals surface area contributed by atoms with E-state index >= 15 is 0 Å². The molecule has 0 aliphatic rings. The number of nitrogens with zero attached hydrogens (tertiary/aromatic N) is 2. The van der Waals surface area contributed by atoms with E-state index in [1.54, 1.807) is 0 Å². The van der Waals surface area contributed by atoms with Crippen molar-refractivity contribution in [2.45, 2.75) is 33.2 Å². The summed E-state index contributed by atoms with van der Waals surface area (Å²) in [4.78, 5) is 6.43. The molecule has 4 heteroatoms. The van der Waals surface area contributed by atoms with E-state index in [0.29, 0.717) is 17.9 Å². The van der Waals surface area contributed by atoms with E-state index in [2.05, 4.69) is 50.1 Å². The molecule has 0 aliphatic carbocycles. The smallest absolute Gasteiger partial charge is 0.188 e. The van der Waals surface area contributed by atoms with Crippen molar-refractivity contribution in [1.29, 1.82) is 0 Å². The zero-order valence-corrected chi connectivity index (χ0v) is 10.7. The zero-order chi connectivity index (χ0) is 11.8. The van der Waals surface area contributed by atoms with Crippen molar-refractivity contribution in [1.82, 2.24) is 10.2 Å². The Balaban J connectivity index is 3.74. The van der Waals surface area contributed by atoms with Gasteiger partial charge in [0.1, 0.15) is 0 Å². The fourth-order valence-electron chi connectivity index (χ4n) is 1.10. The highest BCUT2D eigenvalue weighted by atomic mass is 15.1. The number of guanidine groups is 1. The van der Waals surface area contributed by atoms with Crippen LogP contribution in [0.3, 0.4) is 0 Å². The van der Waals surface area contributed by atoms with Crippen LogP contribution in [0.1, 0.15) is 27.2 Å². The van der Waals surface area contributed by atoms with E-state index in [1.807, 2.05) is 0 Å². The van der Waals surface area contributed by atoms with Crippen LogP contribution in [-0.2, 0) is 0 Å². The minimum Gasteiger partial charge on any atom is -0.370 e. The molecule has 0 saturated heterocycles. The first-order valence-electron chi connectivity index (χ1n) is 5.63. The summed E-state index contributed by atoms with van der Waals surface area (Å²) < 4.78 is 0. The maximum absolute atomic E-state index is 5.75. The standard InChI is InChI=1S/C11H26N4/c1-9(2)8-13-11(12)14-10(3)6-7-15(4)5/h9-10H,6-8H2,1-5H3,(H3,12,13,14). The molecule has 0 saturated carbocycles. The van der Waals surface area contributed by atoms with Gasteiger partial charge in [-0.2, -0.15) is 0 Å². The van der Waals surface area contributed by atoms with E-state index in [-0.39, 0.29) is 0 Å². The minimum absolute atomic E-state index is 0.378. The molecule has 0 radical (unpaired) electrons. The van der Waals surface area contributed by atoms with Gasteiger partial charge in [0, 0.05) is 12.6 Å². The second kappa shape index (κ2) is 7.51. The topological polar surface area (TPSA) is 53.6 Å². The number of nitrogens with two attached hydrogens (primary N) is 1. The summed E-state index contributed by atoms with van der Waals surface area (Å²) in [5.74, 6) is 1.12. The number of rotatable bonds is 6. The van der Waals surface area contributed by atoms with Gasteiger partial charge in [0.05, 0.1) is 0 Å². The summed E-state index contributed by atoms with van der Waals surface area (Å²) in [5.41, 5.74) is 5.75. The van der Waals surface area contributed by atoms with Gasteiger partial charge in [-0.25, -0.2) is 0 Å². The molecule has 0 rings (SSSR count). The molecule has 0 aromatic rings. The van der Waals surface area contributed by atoms with Crippen molar-refractivity contribution < 1.29 is 0 Å². The van der Waals surface area contributed by atoms with E-state index < -0.39 is 0 Å². The van der Waals surface area contributed by atoms with Gasteiger partial charge < -0.3 is 16.0 Å². The molecule has 0 aromatic carbocycles. The number of aliphatic imine (C=N–C) groups is 1. The van der Waals surface area contributed by atoms with Gasteiger partial charge in [-0.15, -0.1) is 0 Å². The Labute approximate surface area is 93.9 Å². The third-order valence-corrected chi connectivity index (χ3v) is 2.03. The van der Waals surface area contributed by atoms with Gasteiger partial charge in [0.15, 0.2) is 5.96 Å². The number of nitrogens with one attached hydrogen (secondary N) is 1. The van der Waals surface area contributed by atoms with Crippen LogP contribution in [0.4, 0.5) is 0 Å². The zero-order valence-electron chi connectivity index (χ0n) is 10.7. The highest BCUT2D eigenvalue weighted by molar-refractivity contribution is 5.78. The highest BCUT2D eigenvalue weighted by Crippen LogP contribution is 1.93. The first-order chi connectivity index (χ1) is 6.91. The summed E-state index contributed by atoms with van der Waals surface area (Å²) in [6.45, 7) is 8.24. The van der Waals surface area contributed by atoms with E-state index in [0.717, 1.165) is 19.5 Å². The third-order valence-electron chi connectivity index (χ3n) is 2.03. The Morgan fingerprint density at radius 2 is 1.93 bits per heavy atom. The molecular formula is C11H26N4. The van der Waals surface area contributed by atoms with Gasteiger partial charge in [-0.05, 0) is 39.9 Å². The van der Waals surface area contributed by atoms with Crippen molar-refractivity contribution in [3.63, 3.8) is 0 Å². The van der Waals surface area contributed by atoms with Gasteiger partial charge in [0.2, 0.25) is 0 Å². The molecule has 90 valence electrons. The van der Waals surface area contributed by atoms with Gasteiger partial charge in [-0.1, -0.05) is 13.8 Å². The second-order valence-corrected chi connectivity index (χ2v) is 4.76. The van der Waals surface area contributed by atoms with Crippen molar-refractivity contribution in [3.05, 3.63) is 0 Å². The summed E-state index contributed by atoms with van der Waals surface area (Å²) in [5, 5.41) is 3.19. The normalized spacial score (nSPS) is 14.7. The second-order valence-electron chi connectivity index (χ2n) is 4.76. The Bertz CT molecular complexity index is 187.